The lowest BCUT2D eigenvalue weighted by Gasteiger charge is -2.34. The number of hydrogen-bond donors (Lipinski definition) is 2. The molecule has 3 amide bonds. The van der Waals surface area contributed by atoms with Crippen molar-refractivity contribution in [3.63, 3.8) is 0 Å². The minimum atomic E-state index is -0.786. The molecule has 2 fully saturated rings. The first-order chi connectivity index (χ1) is 12.4. The lowest BCUT2D eigenvalue weighted by molar-refractivity contribution is -0.135. The van der Waals surface area contributed by atoms with E-state index in [1.54, 1.807) is 4.90 Å². The number of ether oxygens (including phenoxy) is 1. The van der Waals surface area contributed by atoms with E-state index in [0.717, 1.165) is 11.3 Å². The number of hydrogen-bond acceptors (Lipinski definition) is 4. The van der Waals surface area contributed by atoms with Crippen LogP contribution in [0.2, 0.25) is 0 Å². The third-order valence-electron chi connectivity index (χ3n) is 5.44. The number of nitrogens with zero attached hydrogens (tertiary/aromatic N) is 1. The lowest BCUT2D eigenvalue weighted by Crippen LogP contribution is -2.50. The topological polar surface area (TPSA) is 102 Å². The van der Waals surface area contributed by atoms with E-state index in [-0.39, 0.29) is 18.4 Å². The maximum Gasteiger partial charge on any atom is 0.239 e. The summed E-state index contributed by atoms with van der Waals surface area (Å²) in [5.41, 5.74) is 6.69. The second kappa shape index (κ2) is 7.45. The zero-order valence-corrected chi connectivity index (χ0v) is 15.0. The molecular weight excluding hydrogens is 334 g/mol. The summed E-state index contributed by atoms with van der Waals surface area (Å²) in [5.74, 6) is -1.69. The van der Waals surface area contributed by atoms with E-state index < -0.39 is 17.2 Å². The van der Waals surface area contributed by atoms with Crippen LogP contribution in [0.3, 0.4) is 0 Å². The van der Waals surface area contributed by atoms with Gasteiger partial charge in [0.25, 0.3) is 0 Å². The van der Waals surface area contributed by atoms with Crippen LogP contribution in [-0.4, -0.2) is 44.0 Å². The molecule has 0 bridgehead atoms. The monoisotopic (exact) mass is 359 g/mol. The minimum absolute atomic E-state index is 0.152. The molecule has 2 aliphatic rings. The number of aryl methyl sites for hydroxylation is 1. The first kappa shape index (κ1) is 18.4. The van der Waals surface area contributed by atoms with E-state index >= 15 is 0 Å². The number of nitrogens with two attached hydrogens (primary N) is 1. The van der Waals surface area contributed by atoms with E-state index in [1.807, 2.05) is 31.2 Å². The fourth-order valence-corrected chi connectivity index (χ4v) is 3.56. The second-order valence-electron chi connectivity index (χ2n) is 7.14. The SMILES string of the molecule is Cc1ccc(N2CCC(C(=O)NCC3(C(N)=O)CCOCC3)C2=O)cc1. The molecule has 0 spiro atoms. The second-order valence-corrected chi connectivity index (χ2v) is 7.14. The van der Waals surface area contributed by atoms with Gasteiger partial charge in [0, 0.05) is 32.0 Å². The van der Waals surface area contributed by atoms with Crippen molar-refractivity contribution < 1.29 is 19.1 Å². The third-order valence-corrected chi connectivity index (χ3v) is 5.44. The molecule has 0 aromatic heterocycles. The van der Waals surface area contributed by atoms with Crippen molar-refractivity contribution in [2.24, 2.45) is 17.1 Å². The number of amides is 3. The number of benzene rings is 1. The van der Waals surface area contributed by atoms with Crippen LogP contribution in [0.15, 0.2) is 24.3 Å². The smallest absolute Gasteiger partial charge is 0.239 e. The van der Waals surface area contributed by atoms with E-state index in [2.05, 4.69) is 5.32 Å². The maximum atomic E-state index is 12.7. The van der Waals surface area contributed by atoms with Crippen LogP contribution in [0.1, 0.15) is 24.8 Å². The van der Waals surface area contributed by atoms with Gasteiger partial charge in [-0.3, -0.25) is 14.4 Å². The summed E-state index contributed by atoms with van der Waals surface area (Å²) in [6, 6.07) is 7.66. The number of carbonyl (C=O) groups excluding carboxylic acids is 3. The van der Waals surface area contributed by atoms with Gasteiger partial charge in [-0.05, 0) is 38.3 Å². The Bertz CT molecular complexity index is 695. The maximum absolute atomic E-state index is 12.7. The van der Waals surface area contributed by atoms with Gasteiger partial charge in [-0.1, -0.05) is 17.7 Å². The van der Waals surface area contributed by atoms with Gasteiger partial charge >= 0.3 is 0 Å². The molecule has 1 aromatic carbocycles. The molecule has 1 unspecified atom stereocenters. The Balaban J connectivity index is 1.62. The molecule has 140 valence electrons. The predicted octanol–water partition coefficient (Wildman–Crippen LogP) is 0.746. The summed E-state index contributed by atoms with van der Waals surface area (Å²) in [5, 5.41) is 2.79. The number of carbonyl (C=O) groups is 3. The number of rotatable bonds is 5. The van der Waals surface area contributed by atoms with Gasteiger partial charge in [-0.2, -0.15) is 0 Å². The molecule has 7 nitrogen and oxygen atoms in total. The van der Waals surface area contributed by atoms with E-state index in [4.69, 9.17) is 10.5 Å². The largest absolute Gasteiger partial charge is 0.381 e. The summed E-state index contributed by atoms with van der Waals surface area (Å²) in [6.45, 7) is 3.54. The van der Waals surface area contributed by atoms with Crippen LogP contribution in [-0.2, 0) is 19.1 Å². The van der Waals surface area contributed by atoms with Gasteiger partial charge in [-0.15, -0.1) is 0 Å². The Morgan fingerprint density at radius 2 is 1.92 bits per heavy atom. The number of primary amides is 1. The molecule has 0 aliphatic carbocycles. The number of anilines is 1. The van der Waals surface area contributed by atoms with Crippen LogP contribution in [0.25, 0.3) is 0 Å². The molecular formula is C19H25N3O4. The lowest BCUT2D eigenvalue weighted by atomic mass is 9.79. The first-order valence-electron chi connectivity index (χ1n) is 8.96. The van der Waals surface area contributed by atoms with Gasteiger partial charge in [0.1, 0.15) is 5.92 Å². The summed E-state index contributed by atoms with van der Waals surface area (Å²) in [4.78, 5) is 38.7. The highest BCUT2D eigenvalue weighted by atomic mass is 16.5. The molecule has 2 aliphatic heterocycles. The van der Waals surface area contributed by atoms with Gasteiger partial charge < -0.3 is 20.7 Å². The van der Waals surface area contributed by atoms with E-state index in [1.165, 1.54) is 0 Å². The normalized spacial score (nSPS) is 22.3. The average molecular weight is 359 g/mol. The molecule has 2 saturated heterocycles. The molecule has 0 radical (unpaired) electrons. The first-order valence-corrected chi connectivity index (χ1v) is 8.96. The Morgan fingerprint density at radius 3 is 2.54 bits per heavy atom. The quantitative estimate of drug-likeness (QED) is 0.757. The van der Waals surface area contributed by atoms with Crippen molar-refractivity contribution in [3.8, 4) is 0 Å². The fraction of sp³-hybridized carbons (Fsp3) is 0.526. The fourth-order valence-electron chi connectivity index (χ4n) is 3.56. The Labute approximate surface area is 152 Å². The molecule has 2 heterocycles. The van der Waals surface area contributed by atoms with Gasteiger partial charge in [0.05, 0.1) is 5.41 Å². The molecule has 3 rings (SSSR count). The number of nitrogens with one attached hydrogen (secondary N) is 1. The van der Waals surface area contributed by atoms with Crippen molar-refractivity contribution in [3.05, 3.63) is 29.8 Å². The van der Waals surface area contributed by atoms with Gasteiger partial charge in [0.2, 0.25) is 17.7 Å². The molecule has 1 aromatic rings. The van der Waals surface area contributed by atoms with Crippen molar-refractivity contribution >= 4 is 23.4 Å². The van der Waals surface area contributed by atoms with Crippen molar-refractivity contribution in [1.82, 2.24) is 5.32 Å². The van der Waals surface area contributed by atoms with Crippen LogP contribution < -0.4 is 16.0 Å². The minimum Gasteiger partial charge on any atom is -0.381 e. The highest BCUT2D eigenvalue weighted by Crippen LogP contribution is 2.30. The van der Waals surface area contributed by atoms with Crippen molar-refractivity contribution in [1.29, 1.82) is 0 Å². The molecule has 3 N–H and O–H groups in total. The average Bonchev–Trinajstić information content (AvgIpc) is 3.02. The summed E-state index contributed by atoms with van der Waals surface area (Å²) in [7, 11) is 0. The Morgan fingerprint density at radius 1 is 1.27 bits per heavy atom. The van der Waals surface area contributed by atoms with Crippen molar-refractivity contribution in [2.45, 2.75) is 26.2 Å². The molecule has 7 heteroatoms. The Kier molecular flexibility index (Phi) is 5.27. The summed E-state index contributed by atoms with van der Waals surface area (Å²) < 4.78 is 5.29. The van der Waals surface area contributed by atoms with Gasteiger partial charge in [-0.25, -0.2) is 0 Å². The van der Waals surface area contributed by atoms with E-state index in [9.17, 15) is 14.4 Å². The Hall–Kier alpha value is -2.41. The van der Waals surface area contributed by atoms with Gasteiger partial charge in [0.15, 0.2) is 0 Å². The summed E-state index contributed by atoms with van der Waals surface area (Å²) >= 11 is 0. The molecule has 0 saturated carbocycles. The zero-order valence-electron chi connectivity index (χ0n) is 15.0. The van der Waals surface area contributed by atoms with Crippen molar-refractivity contribution in [2.75, 3.05) is 31.2 Å². The van der Waals surface area contributed by atoms with Crippen LogP contribution >= 0.6 is 0 Å². The summed E-state index contributed by atoms with van der Waals surface area (Å²) in [6.07, 6.45) is 1.43. The van der Waals surface area contributed by atoms with Crippen LogP contribution in [0.4, 0.5) is 5.69 Å². The van der Waals surface area contributed by atoms with Crippen LogP contribution in [0.5, 0.6) is 0 Å². The van der Waals surface area contributed by atoms with Crippen LogP contribution in [0, 0.1) is 18.3 Å². The standard InChI is InChI=1S/C19H25N3O4/c1-13-2-4-14(5-3-13)22-9-6-15(17(22)24)16(23)21-12-19(18(20)25)7-10-26-11-8-19/h2-5,15H,6-12H2,1H3,(H2,20,25)(H,21,23). The zero-order chi connectivity index (χ0) is 18.7. The highest BCUT2D eigenvalue weighted by molar-refractivity contribution is 6.09. The molecule has 1 atom stereocenters. The predicted molar refractivity (Wildman–Crippen MR) is 96.3 cm³/mol. The van der Waals surface area contributed by atoms with E-state index in [0.29, 0.717) is 39.0 Å². The highest BCUT2D eigenvalue weighted by Gasteiger charge is 2.41. The third kappa shape index (κ3) is 3.58. The molecule has 26 heavy (non-hydrogen) atoms.